The largest absolute Gasteiger partial charge is 0.416 e. The van der Waals surface area contributed by atoms with Crippen molar-refractivity contribution in [1.29, 1.82) is 0 Å². The molecule has 1 aliphatic rings. The number of nitrogens with zero attached hydrogens (tertiary/aromatic N) is 2. The Balaban J connectivity index is 1.59. The van der Waals surface area contributed by atoms with E-state index >= 15 is 0 Å². The van der Waals surface area contributed by atoms with Crippen LogP contribution < -0.4 is 9.62 Å². The maximum Gasteiger partial charge on any atom is 0.416 e. The number of hydrogen-bond donors (Lipinski definition) is 1. The summed E-state index contributed by atoms with van der Waals surface area (Å²) in [5.41, 5.74) is 0.753. The molecule has 1 fully saturated rings. The fraction of sp³-hybridized carbons (Fsp3) is 0.316. The lowest BCUT2D eigenvalue weighted by Gasteiger charge is -2.35. The van der Waals surface area contributed by atoms with Crippen LogP contribution in [0.25, 0.3) is 0 Å². The van der Waals surface area contributed by atoms with Gasteiger partial charge < -0.3 is 10.2 Å². The molecule has 0 aliphatic heterocycles. The third-order valence-electron chi connectivity index (χ3n) is 8.84. The summed E-state index contributed by atoms with van der Waals surface area (Å²) in [5.74, 6) is -1.16. The lowest BCUT2D eigenvalue weighted by Crippen LogP contribution is -2.55. The molecule has 1 saturated carbocycles. The average Bonchev–Trinajstić information content (AvgIpc) is 3.10. The first-order chi connectivity index (χ1) is 23.8. The van der Waals surface area contributed by atoms with Gasteiger partial charge in [-0.3, -0.25) is 13.9 Å². The summed E-state index contributed by atoms with van der Waals surface area (Å²) in [4.78, 5) is 29.9. The van der Waals surface area contributed by atoms with E-state index in [4.69, 9.17) is 11.6 Å². The number of carbonyl (C=O) groups is 2. The number of rotatable bonds is 12. The van der Waals surface area contributed by atoms with E-state index in [9.17, 15) is 31.2 Å². The number of anilines is 1. The molecule has 5 rings (SSSR count). The van der Waals surface area contributed by atoms with Crippen LogP contribution in [0.5, 0.6) is 0 Å². The van der Waals surface area contributed by atoms with Gasteiger partial charge in [0.2, 0.25) is 11.8 Å². The first-order valence-corrected chi connectivity index (χ1v) is 18.3. The van der Waals surface area contributed by atoms with Gasteiger partial charge in [0.05, 0.1) is 16.1 Å². The Kier molecular flexibility index (Phi) is 11.9. The van der Waals surface area contributed by atoms with E-state index in [2.05, 4.69) is 5.32 Å². The second-order valence-corrected chi connectivity index (χ2v) is 14.9. The minimum atomic E-state index is -4.77. The first-order valence-electron chi connectivity index (χ1n) is 16.5. The SMILES string of the molecule is Cc1ccc(S(=O)(=O)N(CC(=O)N(Cc2ccc(Cl)cc2)C(Cc2ccccc2)C(=O)NC2CCCCC2)c2cccc(C(F)(F)F)c2)cc1. The fourth-order valence-corrected chi connectivity index (χ4v) is 7.62. The molecule has 0 spiro atoms. The van der Waals surface area contributed by atoms with Gasteiger partial charge in [-0.1, -0.05) is 97.1 Å². The summed E-state index contributed by atoms with van der Waals surface area (Å²) >= 11 is 6.14. The Bertz CT molecular complexity index is 1870. The van der Waals surface area contributed by atoms with Crippen LogP contribution in [-0.4, -0.2) is 43.8 Å². The Morgan fingerprint density at radius 1 is 0.860 bits per heavy atom. The van der Waals surface area contributed by atoms with Crippen molar-refractivity contribution >= 4 is 39.1 Å². The van der Waals surface area contributed by atoms with Crippen LogP contribution in [0.15, 0.2) is 108 Å². The smallest absolute Gasteiger partial charge is 0.352 e. The van der Waals surface area contributed by atoms with Crippen molar-refractivity contribution in [2.45, 2.75) is 75.1 Å². The van der Waals surface area contributed by atoms with E-state index in [-0.39, 0.29) is 29.6 Å². The number of halogens is 4. The van der Waals surface area contributed by atoms with Crippen LogP contribution in [-0.2, 0) is 38.8 Å². The van der Waals surface area contributed by atoms with Crippen LogP contribution in [0.4, 0.5) is 18.9 Å². The van der Waals surface area contributed by atoms with Crippen molar-refractivity contribution in [3.05, 3.63) is 130 Å². The highest BCUT2D eigenvalue weighted by molar-refractivity contribution is 7.92. The molecule has 1 N–H and O–H groups in total. The number of hydrogen-bond acceptors (Lipinski definition) is 4. The summed E-state index contributed by atoms with van der Waals surface area (Å²) in [7, 11) is -4.57. The topological polar surface area (TPSA) is 86.8 Å². The molecule has 50 heavy (non-hydrogen) atoms. The van der Waals surface area contributed by atoms with E-state index in [1.807, 2.05) is 30.3 Å². The summed E-state index contributed by atoms with van der Waals surface area (Å²) in [5, 5.41) is 3.59. The summed E-state index contributed by atoms with van der Waals surface area (Å²) in [6.07, 6.45) is -0.0537. The number of carbonyl (C=O) groups excluding carboxylic acids is 2. The van der Waals surface area contributed by atoms with Gasteiger partial charge in [0, 0.05) is 24.0 Å². The Labute approximate surface area is 296 Å². The number of sulfonamides is 1. The van der Waals surface area contributed by atoms with Gasteiger partial charge in [-0.25, -0.2) is 8.42 Å². The van der Waals surface area contributed by atoms with Crippen LogP contribution in [0.3, 0.4) is 0 Å². The molecule has 1 aliphatic carbocycles. The van der Waals surface area contributed by atoms with Crippen molar-refractivity contribution in [1.82, 2.24) is 10.2 Å². The molecular weight excluding hydrogens is 687 g/mol. The van der Waals surface area contributed by atoms with Gasteiger partial charge in [-0.2, -0.15) is 13.2 Å². The Morgan fingerprint density at radius 3 is 2.16 bits per heavy atom. The van der Waals surface area contributed by atoms with Crippen LogP contribution in [0.2, 0.25) is 5.02 Å². The highest BCUT2D eigenvalue weighted by atomic mass is 35.5. The molecule has 0 aromatic heterocycles. The number of alkyl halides is 3. The van der Waals surface area contributed by atoms with E-state index in [0.717, 1.165) is 55.4 Å². The van der Waals surface area contributed by atoms with Crippen molar-refractivity contribution in [3.8, 4) is 0 Å². The summed E-state index contributed by atoms with van der Waals surface area (Å²) in [6.45, 7) is 0.810. The molecule has 12 heteroatoms. The molecule has 0 bridgehead atoms. The summed E-state index contributed by atoms with van der Waals surface area (Å²) in [6, 6.07) is 24.4. The molecule has 1 unspecified atom stereocenters. The zero-order valence-electron chi connectivity index (χ0n) is 27.6. The zero-order chi connectivity index (χ0) is 35.9. The summed E-state index contributed by atoms with van der Waals surface area (Å²) < 4.78 is 70.6. The van der Waals surface area contributed by atoms with Crippen molar-refractivity contribution in [2.24, 2.45) is 0 Å². The molecule has 7 nitrogen and oxygen atoms in total. The lowest BCUT2D eigenvalue weighted by molar-refractivity contribution is -0.140. The maximum atomic E-state index is 14.6. The zero-order valence-corrected chi connectivity index (χ0v) is 29.1. The number of amides is 2. The predicted octanol–water partition coefficient (Wildman–Crippen LogP) is 7.95. The average molecular weight is 726 g/mol. The van der Waals surface area contributed by atoms with E-state index < -0.39 is 46.2 Å². The Morgan fingerprint density at radius 2 is 1.52 bits per heavy atom. The van der Waals surface area contributed by atoms with Crippen molar-refractivity contribution < 1.29 is 31.2 Å². The standard InChI is InChI=1S/C38H39ClF3N3O4S/c1-27-15-21-34(22-16-27)50(48,49)45(33-14-8-11-30(24-33)38(40,41)42)26-36(46)44(25-29-17-19-31(39)20-18-29)35(23-28-9-4-2-5-10-28)37(47)43-32-12-6-3-7-13-32/h2,4-5,8-11,14-22,24,32,35H,3,6-7,12-13,23,25-26H2,1H3,(H,43,47). The molecule has 0 radical (unpaired) electrons. The quantitative estimate of drug-likeness (QED) is 0.161. The van der Waals surface area contributed by atoms with Gasteiger partial charge in [0.1, 0.15) is 12.6 Å². The third-order valence-corrected chi connectivity index (χ3v) is 10.9. The molecule has 2 amide bonds. The van der Waals surface area contributed by atoms with E-state index in [1.54, 1.807) is 43.3 Å². The van der Waals surface area contributed by atoms with E-state index in [1.165, 1.54) is 23.1 Å². The Hall–Kier alpha value is -4.35. The minimum Gasteiger partial charge on any atom is -0.352 e. The number of nitrogens with one attached hydrogen (secondary N) is 1. The second kappa shape index (κ2) is 16.1. The molecule has 0 heterocycles. The number of benzene rings is 4. The van der Waals surface area contributed by atoms with Gasteiger partial charge in [-0.15, -0.1) is 0 Å². The number of aryl methyl sites for hydroxylation is 1. The molecule has 4 aromatic carbocycles. The molecule has 0 saturated heterocycles. The predicted molar refractivity (Wildman–Crippen MR) is 188 cm³/mol. The highest BCUT2D eigenvalue weighted by Gasteiger charge is 2.37. The molecule has 4 aromatic rings. The van der Waals surface area contributed by atoms with Crippen LogP contribution in [0.1, 0.15) is 54.4 Å². The van der Waals surface area contributed by atoms with Crippen LogP contribution in [0, 0.1) is 6.92 Å². The van der Waals surface area contributed by atoms with Crippen molar-refractivity contribution in [2.75, 3.05) is 10.8 Å². The normalized spacial score (nSPS) is 14.5. The highest BCUT2D eigenvalue weighted by Crippen LogP contribution is 2.33. The van der Waals surface area contributed by atoms with Crippen LogP contribution >= 0.6 is 11.6 Å². The second-order valence-electron chi connectivity index (χ2n) is 12.6. The van der Waals surface area contributed by atoms with Gasteiger partial charge in [0.25, 0.3) is 10.0 Å². The van der Waals surface area contributed by atoms with Crippen molar-refractivity contribution in [3.63, 3.8) is 0 Å². The third kappa shape index (κ3) is 9.45. The lowest BCUT2D eigenvalue weighted by atomic mass is 9.94. The fourth-order valence-electron chi connectivity index (χ4n) is 6.09. The van der Waals surface area contributed by atoms with E-state index in [0.29, 0.717) is 21.0 Å². The monoisotopic (exact) mass is 725 g/mol. The maximum absolute atomic E-state index is 14.6. The molecular formula is C38H39ClF3N3O4S. The van der Waals surface area contributed by atoms with Gasteiger partial charge >= 0.3 is 6.18 Å². The van der Waals surface area contributed by atoms with Gasteiger partial charge in [-0.05, 0) is 73.4 Å². The first kappa shape index (κ1) is 36.9. The molecule has 1 atom stereocenters. The van der Waals surface area contributed by atoms with Gasteiger partial charge in [0.15, 0.2) is 0 Å². The minimum absolute atomic E-state index is 0.0782. The molecule has 264 valence electrons.